The molecule has 0 bridgehead atoms. The second kappa shape index (κ2) is 5.03. The summed E-state index contributed by atoms with van der Waals surface area (Å²) in [5, 5.41) is 10.0. The summed E-state index contributed by atoms with van der Waals surface area (Å²) in [6, 6.07) is 10.2. The summed E-state index contributed by atoms with van der Waals surface area (Å²) in [6.45, 7) is 4.79. The van der Waals surface area contributed by atoms with Crippen LogP contribution in [0.25, 0.3) is 0 Å². The minimum atomic E-state index is -0.430. The number of aliphatic hydroxyl groups excluding tert-OH is 1. The number of aliphatic hydroxyl groups is 1. The van der Waals surface area contributed by atoms with Crippen molar-refractivity contribution in [2.45, 2.75) is 38.4 Å². The molecule has 1 aromatic rings. The third-order valence-electron chi connectivity index (χ3n) is 3.25. The van der Waals surface area contributed by atoms with Crippen molar-refractivity contribution in [1.82, 2.24) is 0 Å². The lowest BCUT2D eigenvalue weighted by atomic mass is 9.81. The smallest absolute Gasteiger partial charge is 0.0981 e. The zero-order valence-electron chi connectivity index (χ0n) is 10.5. The van der Waals surface area contributed by atoms with Crippen molar-refractivity contribution in [2.24, 2.45) is 0 Å². The van der Waals surface area contributed by atoms with Gasteiger partial charge in [0.2, 0.25) is 0 Å². The Bertz CT molecular complexity index is 387. The summed E-state index contributed by atoms with van der Waals surface area (Å²) < 4.78 is 5.77. The van der Waals surface area contributed by atoms with E-state index in [4.69, 9.17) is 4.74 Å². The standard InChI is InChI=1S/C15H20O2/c1-12(2)10-14(16)11-15(8-9-17-15)13-6-4-3-5-7-13/h3-7,10,14,16H,8-9,11H2,1-2H3. The molecule has 0 aliphatic carbocycles. The van der Waals surface area contributed by atoms with Crippen LogP contribution in [0.4, 0.5) is 0 Å². The molecule has 0 amide bonds. The molecule has 2 nitrogen and oxygen atoms in total. The average Bonchev–Trinajstić information content (AvgIpc) is 2.24. The fourth-order valence-electron chi connectivity index (χ4n) is 2.38. The van der Waals surface area contributed by atoms with Crippen molar-refractivity contribution in [3.63, 3.8) is 0 Å². The van der Waals surface area contributed by atoms with Gasteiger partial charge in [0.25, 0.3) is 0 Å². The van der Waals surface area contributed by atoms with E-state index in [9.17, 15) is 5.11 Å². The highest BCUT2D eigenvalue weighted by Gasteiger charge is 2.41. The Labute approximate surface area is 103 Å². The Balaban J connectivity index is 2.13. The first kappa shape index (κ1) is 12.3. The minimum absolute atomic E-state index is 0.271. The molecule has 2 unspecified atom stereocenters. The maximum atomic E-state index is 10.0. The maximum Gasteiger partial charge on any atom is 0.0981 e. The number of hydrogen-bond donors (Lipinski definition) is 1. The number of allylic oxidation sites excluding steroid dienone is 1. The Morgan fingerprint density at radius 2 is 2.06 bits per heavy atom. The Hall–Kier alpha value is -1.12. The maximum absolute atomic E-state index is 10.0. The predicted molar refractivity (Wildman–Crippen MR) is 68.7 cm³/mol. The summed E-state index contributed by atoms with van der Waals surface area (Å²) in [4.78, 5) is 0. The Morgan fingerprint density at radius 3 is 2.53 bits per heavy atom. The summed E-state index contributed by atoms with van der Waals surface area (Å²) in [5.41, 5.74) is 2.04. The minimum Gasteiger partial charge on any atom is -0.389 e. The van der Waals surface area contributed by atoms with Crippen LogP contribution < -0.4 is 0 Å². The van der Waals surface area contributed by atoms with Crippen LogP contribution in [0, 0.1) is 0 Å². The molecule has 2 rings (SSSR count). The molecule has 0 aromatic heterocycles. The first-order valence-electron chi connectivity index (χ1n) is 6.15. The van der Waals surface area contributed by atoms with Gasteiger partial charge in [-0.2, -0.15) is 0 Å². The van der Waals surface area contributed by atoms with E-state index in [0.29, 0.717) is 6.42 Å². The topological polar surface area (TPSA) is 29.5 Å². The van der Waals surface area contributed by atoms with Crippen LogP contribution in [-0.2, 0) is 10.3 Å². The van der Waals surface area contributed by atoms with Gasteiger partial charge in [-0.25, -0.2) is 0 Å². The van der Waals surface area contributed by atoms with Crippen LogP contribution in [0.3, 0.4) is 0 Å². The quantitative estimate of drug-likeness (QED) is 0.809. The zero-order chi connectivity index (χ0) is 12.3. The molecular weight excluding hydrogens is 212 g/mol. The highest BCUT2D eigenvalue weighted by atomic mass is 16.5. The molecule has 1 aliphatic heterocycles. The molecule has 1 fully saturated rings. The first-order chi connectivity index (χ1) is 8.12. The summed E-state index contributed by atoms with van der Waals surface area (Å²) >= 11 is 0. The summed E-state index contributed by atoms with van der Waals surface area (Å²) in [5.74, 6) is 0. The number of hydrogen-bond acceptors (Lipinski definition) is 2. The van der Waals surface area contributed by atoms with Crippen LogP contribution in [0.5, 0.6) is 0 Å². The van der Waals surface area contributed by atoms with Crippen LogP contribution in [0.2, 0.25) is 0 Å². The number of benzene rings is 1. The fourth-order valence-corrected chi connectivity index (χ4v) is 2.38. The zero-order valence-corrected chi connectivity index (χ0v) is 10.5. The van der Waals surface area contributed by atoms with Gasteiger partial charge in [-0.15, -0.1) is 0 Å². The molecule has 1 aliphatic rings. The van der Waals surface area contributed by atoms with Gasteiger partial charge < -0.3 is 9.84 Å². The largest absolute Gasteiger partial charge is 0.389 e. The molecule has 92 valence electrons. The lowest BCUT2D eigenvalue weighted by molar-refractivity contribution is -0.169. The van der Waals surface area contributed by atoms with E-state index >= 15 is 0 Å². The third-order valence-corrected chi connectivity index (χ3v) is 3.25. The fraction of sp³-hybridized carbons (Fsp3) is 0.467. The Morgan fingerprint density at radius 1 is 1.41 bits per heavy atom. The molecular formula is C15H20O2. The second-order valence-corrected chi connectivity index (χ2v) is 4.97. The van der Waals surface area contributed by atoms with Crippen molar-refractivity contribution in [1.29, 1.82) is 0 Å². The van der Waals surface area contributed by atoms with E-state index in [2.05, 4.69) is 12.1 Å². The summed E-state index contributed by atoms with van der Waals surface area (Å²) in [7, 11) is 0. The van der Waals surface area contributed by atoms with Crippen LogP contribution >= 0.6 is 0 Å². The van der Waals surface area contributed by atoms with Crippen molar-refractivity contribution < 1.29 is 9.84 Å². The molecule has 1 aromatic carbocycles. The van der Waals surface area contributed by atoms with Gasteiger partial charge in [0.05, 0.1) is 18.3 Å². The molecule has 2 heteroatoms. The summed E-state index contributed by atoms with van der Waals surface area (Å²) in [6.07, 6.45) is 3.10. The van der Waals surface area contributed by atoms with Gasteiger partial charge >= 0.3 is 0 Å². The second-order valence-electron chi connectivity index (χ2n) is 4.97. The van der Waals surface area contributed by atoms with Crippen LogP contribution in [0.15, 0.2) is 42.0 Å². The van der Waals surface area contributed by atoms with Crippen LogP contribution in [-0.4, -0.2) is 17.8 Å². The highest BCUT2D eigenvalue weighted by Crippen LogP contribution is 2.41. The van der Waals surface area contributed by atoms with Crippen molar-refractivity contribution in [3.8, 4) is 0 Å². The van der Waals surface area contributed by atoms with Crippen LogP contribution in [0.1, 0.15) is 32.3 Å². The van der Waals surface area contributed by atoms with E-state index < -0.39 is 6.10 Å². The first-order valence-corrected chi connectivity index (χ1v) is 6.15. The molecule has 1 N–H and O–H groups in total. The lowest BCUT2D eigenvalue weighted by Gasteiger charge is -2.43. The van der Waals surface area contributed by atoms with Crippen molar-refractivity contribution in [2.75, 3.05) is 6.61 Å². The van der Waals surface area contributed by atoms with Crippen molar-refractivity contribution in [3.05, 3.63) is 47.5 Å². The van der Waals surface area contributed by atoms with E-state index in [1.807, 2.05) is 38.1 Å². The molecule has 1 saturated heterocycles. The lowest BCUT2D eigenvalue weighted by Crippen LogP contribution is -2.43. The molecule has 1 heterocycles. The Kier molecular flexibility index (Phi) is 3.65. The predicted octanol–water partition coefficient (Wildman–Crippen LogP) is 3.02. The SMILES string of the molecule is CC(C)=CC(O)CC1(c2ccccc2)CCO1. The van der Waals surface area contributed by atoms with Crippen molar-refractivity contribution >= 4 is 0 Å². The third kappa shape index (κ3) is 2.76. The van der Waals surface area contributed by atoms with E-state index in [1.54, 1.807) is 0 Å². The van der Waals surface area contributed by atoms with Gasteiger partial charge in [0.1, 0.15) is 0 Å². The van der Waals surface area contributed by atoms with E-state index in [1.165, 1.54) is 5.56 Å². The highest BCUT2D eigenvalue weighted by molar-refractivity contribution is 5.25. The molecule has 2 atom stereocenters. The monoisotopic (exact) mass is 232 g/mol. The van der Waals surface area contributed by atoms with Gasteiger partial charge in [0, 0.05) is 12.8 Å². The molecule has 0 radical (unpaired) electrons. The number of ether oxygens (including phenoxy) is 1. The molecule has 0 spiro atoms. The van der Waals surface area contributed by atoms with Gasteiger partial charge in [-0.1, -0.05) is 42.0 Å². The number of rotatable bonds is 4. The van der Waals surface area contributed by atoms with E-state index in [-0.39, 0.29) is 5.60 Å². The van der Waals surface area contributed by atoms with Gasteiger partial charge in [-0.05, 0) is 19.4 Å². The van der Waals surface area contributed by atoms with Gasteiger partial charge in [-0.3, -0.25) is 0 Å². The molecule has 17 heavy (non-hydrogen) atoms. The average molecular weight is 232 g/mol. The van der Waals surface area contributed by atoms with E-state index in [0.717, 1.165) is 18.6 Å². The normalized spacial score (nSPS) is 24.9. The van der Waals surface area contributed by atoms with Gasteiger partial charge in [0.15, 0.2) is 0 Å². The molecule has 0 saturated carbocycles.